The highest BCUT2D eigenvalue weighted by atomic mass is 36.0. The van der Waals surface area contributed by atoms with Gasteiger partial charge in [0, 0.05) is 12.4 Å². The van der Waals surface area contributed by atoms with E-state index in [-0.39, 0.29) is 21.7 Å². The maximum absolute atomic E-state index is 12.4. The molecular formula is C20H13Cl4F4N6O2P. The monoisotopic (exact) mass is 616 g/mol. The van der Waals surface area contributed by atoms with E-state index in [0.717, 1.165) is 0 Å². The number of nitrogens with zero attached hydrogens (tertiary/aromatic N) is 5. The highest BCUT2D eigenvalue weighted by molar-refractivity contribution is 8.24. The Kier molecular flexibility index (Phi) is 11.0. The van der Waals surface area contributed by atoms with Gasteiger partial charge in [-0.1, -0.05) is 36.9 Å². The van der Waals surface area contributed by atoms with Crippen molar-refractivity contribution < 1.29 is 22.1 Å². The smallest absolute Gasteiger partial charge is 0.304 e. The molecule has 17 heteroatoms. The van der Waals surface area contributed by atoms with E-state index < -0.39 is 35.3 Å². The Balaban J connectivity index is 0.000000221. The average Bonchev–Trinajstić information content (AvgIpc) is 2.82. The van der Waals surface area contributed by atoms with Gasteiger partial charge in [0.05, 0.1) is 11.0 Å². The Morgan fingerprint density at radius 3 is 1.81 bits per heavy atom. The first-order chi connectivity index (χ1) is 17.2. The molecule has 0 amide bonds. The van der Waals surface area contributed by atoms with Crippen LogP contribution < -0.4 is 5.56 Å². The second-order valence-electron chi connectivity index (χ2n) is 6.50. The Hall–Kier alpha value is -2.63. The molecule has 0 fully saturated rings. The first kappa shape index (κ1) is 30.6. The summed E-state index contributed by atoms with van der Waals surface area (Å²) in [6, 6.07) is 3.06. The van der Waals surface area contributed by atoms with Gasteiger partial charge < -0.3 is 4.98 Å². The van der Waals surface area contributed by atoms with Gasteiger partial charge in [-0.05, 0) is 57.0 Å². The SMILES string of the molecule is C=Cc1cnc2c(=O)[nH]c(C(F)F)nc2c1.C=Cc1cnc2c(Cl)nc(C(F)F)nc2c1.O=P(Cl)(Cl)Cl. The molecule has 0 unspecified atom stereocenters. The molecule has 0 aromatic carbocycles. The molecule has 0 aliphatic rings. The second-order valence-corrected chi connectivity index (χ2v) is 13.5. The van der Waals surface area contributed by atoms with Crippen molar-refractivity contribution in [1.82, 2.24) is 29.9 Å². The summed E-state index contributed by atoms with van der Waals surface area (Å²) in [6.45, 7) is 7.07. The number of nitrogens with one attached hydrogen (secondary N) is 1. The zero-order chi connectivity index (χ0) is 27.9. The van der Waals surface area contributed by atoms with Gasteiger partial charge in [-0.25, -0.2) is 37.5 Å². The summed E-state index contributed by atoms with van der Waals surface area (Å²) in [5.74, 6) is -1.25. The second kappa shape index (κ2) is 13.3. The van der Waals surface area contributed by atoms with Crippen LogP contribution in [0.5, 0.6) is 0 Å². The third-order valence-corrected chi connectivity index (χ3v) is 4.25. The van der Waals surface area contributed by atoms with Crippen LogP contribution in [0.4, 0.5) is 17.6 Å². The summed E-state index contributed by atoms with van der Waals surface area (Å²) in [4.78, 5) is 32.0. The van der Waals surface area contributed by atoms with Crippen molar-refractivity contribution in [2.45, 2.75) is 12.9 Å². The van der Waals surface area contributed by atoms with Crippen LogP contribution in [0.25, 0.3) is 34.2 Å². The van der Waals surface area contributed by atoms with Gasteiger partial charge in [0.15, 0.2) is 22.3 Å². The first-order valence-corrected chi connectivity index (χ1v) is 14.3. The summed E-state index contributed by atoms with van der Waals surface area (Å²) in [5.41, 5.74) is 1.39. The Morgan fingerprint density at radius 1 is 0.865 bits per heavy atom. The lowest BCUT2D eigenvalue weighted by Crippen LogP contribution is -2.13. The number of fused-ring (bicyclic) bond motifs is 2. The summed E-state index contributed by atoms with van der Waals surface area (Å²) in [6.07, 6.45) is 0.418. The van der Waals surface area contributed by atoms with E-state index in [4.69, 9.17) is 11.6 Å². The summed E-state index contributed by atoms with van der Waals surface area (Å²) >= 11 is 19.6. The maximum Gasteiger partial charge on any atom is 0.339 e. The number of hydrogen-bond donors (Lipinski definition) is 1. The minimum Gasteiger partial charge on any atom is -0.304 e. The van der Waals surface area contributed by atoms with Gasteiger partial charge in [-0.3, -0.25) is 14.3 Å². The summed E-state index contributed by atoms with van der Waals surface area (Å²) in [7, 11) is 0. The molecule has 0 bridgehead atoms. The quantitative estimate of drug-likeness (QED) is 0.140. The lowest BCUT2D eigenvalue weighted by Gasteiger charge is -2.03. The molecule has 8 nitrogen and oxygen atoms in total. The fourth-order valence-electron chi connectivity index (χ4n) is 2.50. The molecule has 37 heavy (non-hydrogen) atoms. The van der Waals surface area contributed by atoms with Gasteiger partial charge in [0.2, 0.25) is 0 Å². The highest BCUT2D eigenvalue weighted by Crippen LogP contribution is 2.61. The van der Waals surface area contributed by atoms with Crippen LogP contribution in [0.2, 0.25) is 5.15 Å². The van der Waals surface area contributed by atoms with Gasteiger partial charge in [-0.15, -0.1) is 0 Å². The van der Waals surface area contributed by atoms with Gasteiger partial charge in [-0.2, -0.15) is 0 Å². The maximum atomic E-state index is 12.4. The van der Waals surface area contributed by atoms with Gasteiger partial charge in [0.25, 0.3) is 18.4 Å². The molecular weight excluding hydrogens is 605 g/mol. The van der Waals surface area contributed by atoms with Crippen molar-refractivity contribution >= 4 is 84.7 Å². The molecule has 0 saturated carbocycles. The third-order valence-electron chi connectivity index (χ3n) is 3.99. The standard InChI is InChI=1S/C10H6ClF2N3.C10H7F2N3O.Cl3OP/c1-2-5-3-6-7(14-4-5)8(11)16-10(15-6)9(12)13;1-2-5-3-6-7(13-4-5)10(16)15-9(14-6)8(11)12;1-5(2,3)4/h2-4,9H,1H2;2-4,8H,1H2,(H,14,15,16);. The predicted octanol–water partition coefficient (Wildman–Crippen LogP) is 7.97. The molecule has 196 valence electrons. The van der Waals surface area contributed by atoms with Crippen molar-refractivity contribution in [3.05, 3.63) is 76.0 Å². The minimum absolute atomic E-state index is 0.0370. The number of aromatic nitrogens is 6. The van der Waals surface area contributed by atoms with Crippen LogP contribution in [0.1, 0.15) is 35.6 Å². The molecule has 0 aliphatic carbocycles. The van der Waals surface area contributed by atoms with E-state index in [9.17, 15) is 26.9 Å². The average molecular weight is 618 g/mol. The Bertz CT molecular complexity index is 1540. The highest BCUT2D eigenvalue weighted by Gasteiger charge is 2.15. The number of halogens is 8. The molecule has 0 radical (unpaired) electrons. The van der Waals surface area contributed by atoms with Crippen LogP contribution in [-0.4, -0.2) is 29.9 Å². The molecule has 1 N–H and O–H groups in total. The number of pyridine rings is 2. The topological polar surface area (TPSA) is 114 Å². The lowest BCUT2D eigenvalue weighted by molar-refractivity contribution is 0.140. The fourth-order valence-corrected chi connectivity index (χ4v) is 2.73. The third kappa shape index (κ3) is 9.32. The molecule has 4 rings (SSSR count). The van der Waals surface area contributed by atoms with Gasteiger partial charge >= 0.3 is 5.20 Å². The molecule has 0 saturated heterocycles. The van der Waals surface area contributed by atoms with Crippen LogP contribution >= 0.6 is 50.5 Å². The molecule has 4 aromatic rings. The number of alkyl halides is 4. The van der Waals surface area contributed by atoms with E-state index in [2.05, 4.69) is 71.8 Å². The summed E-state index contributed by atoms with van der Waals surface area (Å²) in [5, 5.41) is -3.30. The normalized spacial score (nSPS) is 11.1. The van der Waals surface area contributed by atoms with E-state index >= 15 is 0 Å². The minimum atomic E-state index is -3.22. The number of aromatic amines is 1. The van der Waals surface area contributed by atoms with E-state index in [1.54, 1.807) is 12.1 Å². The van der Waals surface area contributed by atoms with E-state index in [0.29, 0.717) is 16.6 Å². The van der Waals surface area contributed by atoms with E-state index in [1.165, 1.54) is 24.5 Å². The van der Waals surface area contributed by atoms with Crippen molar-refractivity contribution in [2.24, 2.45) is 0 Å². The van der Waals surface area contributed by atoms with Crippen LogP contribution in [0.3, 0.4) is 0 Å². The first-order valence-electron chi connectivity index (χ1n) is 9.46. The molecule has 4 heterocycles. The Morgan fingerprint density at radius 2 is 1.35 bits per heavy atom. The molecule has 4 aromatic heterocycles. The number of H-pyrrole nitrogens is 1. The zero-order valence-electron chi connectivity index (χ0n) is 18.1. The zero-order valence-corrected chi connectivity index (χ0v) is 22.0. The lowest BCUT2D eigenvalue weighted by atomic mass is 10.2. The van der Waals surface area contributed by atoms with E-state index in [1.807, 2.05) is 4.98 Å². The van der Waals surface area contributed by atoms with Crippen molar-refractivity contribution in [2.75, 3.05) is 0 Å². The Labute approximate surface area is 225 Å². The van der Waals surface area contributed by atoms with Crippen LogP contribution in [-0.2, 0) is 4.57 Å². The van der Waals surface area contributed by atoms with Crippen molar-refractivity contribution in [1.29, 1.82) is 0 Å². The van der Waals surface area contributed by atoms with Gasteiger partial charge in [0.1, 0.15) is 5.52 Å². The van der Waals surface area contributed by atoms with Crippen molar-refractivity contribution in [3.8, 4) is 0 Å². The van der Waals surface area contributed by atoms with Crippen LogP contribution in [0, 0.1) is 0 Å². The largest absolute Gasteiger partial charge is 0.339 e. The summed E-state index contributed by atoms with van der Waals surface area (Å²) < 4.78 is 59.1. The van der Waals surface area contributed by atoms with Crippen molar-refractivity contribution in [3.63, 3.8) is 0 Å². The van der Waals surface area contributed by atoms with Crippen LogP contribution in [0.15, 0.2) is 42.5 Å². The molecule has 0 spiro atoms. The predicted molar refractivity (Wildman–Crippen MR) is 138 cm³/mol. The fraction of sp³-hybridized carbons (Fsp3) is 0.100. The molecule has 0 aliphatic heterocycles. The molecule has 0 atom stereocenters. The number of rotatable bonds is 4. The number of hydrogen-bond acceptors (Lipinski definition) is 7.